The molecule has 0 aliphatic carbocycles. The van der Waals surface area contributed by atoms with Gasteiger partial charge in [-0.1, -0.05) is 6.07 Å². The molecule has 1 N–H and O–H groups in total. The van der Waals surface area contributed by atoms with Crippen molar-refractivity contribution in [1.82, 2.24) is 9.97 Å². The standard InChI is InChI=1S/C13H12N2O4/c1-2-18-9-4-3-5-10(8-9)19-12-11(13(16)17)14-6-7-15-12/h3-8H,2H2,1H3,(H,16,17). The lowest BCUT2D eigenvalue weighted by Gasteiger charge is -2.08. The number of nitrogens with zero attached hydrogens (tertiary/aromatic N) is 2. The van der Waals surface area contributed by atoms with Crippen LogP contribution in [0.15, 0.2) is 36.7 Å². The van der Waals surface area contributed by atoms with Crippen molar-refractivity contribution in [3.63, 3.8) is 0 Å². The van der Waals surface area contributed by atoms with Crippen LogP contribution in [0.3, 0.4) is 0 Å². The summed E-state index contributed by atoms with van der Waals surface area (Å²) in [5.41, 5.74) is -0.232. The fraction of sp³-hybridized carbons (Fsp3) is 0.154. The molecule has 2 aromatic rings. The van der Waals surface area contributed by atoms with Crippen molar-refractivity contribution in [3.05, 3.63) is 42.4 Å². The van der Waals surface area contributed by atoms with E-state index in [9.17, 15) is 4.79 Å². The molecule has 19 heavy (non-hydrogen) atoms. The number of aromatic carboxylic acids is 1. The first kappa shape index (κ1) is 12.8. The number of rotatable bonds is 5. The van der Waals surface area contributed by atoms with Gasteiger partial charge >= 0.3 is 5.97 Å². The number of carboxylic acid groups (broad SMARTS) is 1. The van der Waals surface area contributed by atoms with Gasteiger partial charge in [0.25, 0.3) is 5.88 Å². The number of carbonyl (C=O) groups is 1. The summed E-state index contributed by atoms with van der Waals surface area (Å²) in [6.45, 7) is 2.41. The Kier molecular flexibility index (Phi) is 3.92. The summed E-state index contributed by atoms with van der Waals surface area (Å²) in [7, 11) is 0. The molecule has 0 atom stereocenters. The molecule has 0 amide bonds. The summed E-state index contributed by atoms with van der Waals surface area (Å²) in [4.78, 5) is 18.6. The number of hydrogen-bond donors (Lipinski definition) is 1. The van der Waals surface area contributed by atoms with Crippen molar-refractivity contribution in [2.45, 2.75) is 6.92 Å². The first-order valence-electron chi connectivity index (χ1n) is 5.65. The van der Waals surface area contributed by atoms with Gasteiger partial charge in [0.05, 0.1) is 6.61 Å². The summed E-state index contributed by atoms with van der Waals surface area (Å²) in [5, 5.41) is 8.98. The first-order chi connectivity index (χ1) is 9.20. The van der Waals surface area contributed by atoms with Gasteiger partial charge in [-0.15, -0.1) is 0 Å². The van der Waals surface area contributed by atoms with Crippen LogP contribution < -0.4 is 9.47 Å². The third kappa shape index (κ3) is 3.19. The maximum Gasteiger partial charge on any atom is 0.360 e. The highest BCUT2D eigenvalue weighted by molar-refractivity contribution is 5.87. The van der Waals surface area contributed by atoms with E-state index in [1.807, 2.05) is 6.92 Å². The van der Waals surface area contributed by atoms with E-state index in [2.05, 4.69) is 9.97 Å². The second-order valence-corrected chi connectivity index (χ2v) is 3.53. The van der Waals surface area contributed by atoms with Crippen molar-refractivity contribution < 1.29 is 19.4 Å². The van der Waals surface area contributed by atoms with Crippen molar-refractivity contribution in [1.29, 1.82) is 0 Å². The predicted octanol–water partition coefficient (Wildman–Crippen LogP) is 2.37. The molecule has 6 heteroatoms. The van der Waals surface area contributed by atoms with E-state index in [4.69, 9.17) is 14.6 Å². The van der Waals surface area contributed by atoms with Crippen molar-refractivity contribution >= 4 is 5.97 Å². The Morgan fingerprint density at radius 2 is 2.00 bits per heavy atom. The van der Waals surface area contributed by atoms with Crippen LogP contribution in [-0.4, -0.2) is 27.7 Å². The van der Waals surface area contributed by atoms with Crippen LogP contribution in [0, 0.1) is 0 Å². The van der Waals surface area contributed by atoms with E-state index in [0.717, 1.165) is 0 Å². The average Bonchev–Trinajstić information content (AvgIpc) is 2.40. The molecule has 0 bridgehead atoms. The minimum Gasteiger partial charge on any atom is -0.494 e. The number of carboxylic acids is 1. The SMILES string of the molecule is CCOc1cccc(Oc2nccnc2C(=O)O)c1. The molecule has 0 radical (unpaired) electrons. The molecule has 0 spiro atoms. The highest BCUT2D eigenvalue weighted by Gasteiger charge is 2.14. The third-order valence-electron chi connectivity index (χ3n) is 2.20. The Hall–Kier alpha value is -2.63. The van der Waals surface area contributed by atoms with Gasteiger partial charge in [0.2, 0.25) is 5.69 Å². The van der Waals surface area contributed by atoms with Crippen molar-refractivity contribution in [3.8, 4) is 17.4 Å². The monoisotopic (exact) mass is 260 g/mol. The molecule has 2 rings (SSSR count). The minimum absolute atomic E-state index is 0.0522. The summed E-state index contributed by atoms with van der Waals surface area (Å²) < 4.78 is 10.8. The second kappa shape index (κ2) is 5.81. The third-order valence-corrected chi connectivity index (χ3v) is 2.20. The Balaban J connectivity index is 2.26. The van der Waals surface area contributed by atoms with Crippen molar-refractivity contribution in [2.75, 3.05) is 6.61 Å². The molecular weight excluding hydrogens is 248 g/mol. The largest absolute Gasteiger partial charge is 0.494 e. The van der Waals surface area contributed by atoms with Crippen molar-refractivity contribution in [2.24, 2.45) is 0 Å². The van der Waals surface area contributed by atoms with Gasteiger partial charge in [-0.2, -0.15) is 0 Å². The van der Waals surface area contributed by atoms with E-state index < -0.39 is 5.97 Å². The number of hydrogen-bond acceptors (Lipinski definition) is 5. The van der Waals surface area contributed by atoms with Crippen LogP contribution in [0.25, 0.3) is 0 Å². The molecule has 0 aliphatic heterocycles. The lowest BCUT2D eigenvalue weighted by molar-refractivity contribution is 0.0686. The van der Waals surface area contributed by atoms with E-state index in [1.54, 1.807) is 24.3 Å². The van der Waals surface area contributed by atoms with Crippen LogP contribution in [0.4, 0.5) is 0 Å². The molecule has 6 nitrogen and oxygen atoms in total. The van der Waals surface area contributed by atoms with Crippen LogP contribution >= 0.6 is 0 Å². The van der Waals surface area contributed by atoms with E-state index >= 15 is 0 Å². The topological polar surface area (TPSA) is 81.5 Å². The van der Waals surface area contributed by atoms with E-state index in [0.29, 0.717) is 18.1 Å². The Morgan fingerprint density at radius 3 is 2.74 bits per heavy atom. The Labute approximate surface area is 109 Å². The molecule has 0 saturated carbocycles. The summed E-state index contributed by atoms with van der Waals surface area (Å²) >= 11 is 0. The van der Waals surface area contributed by atoms with Gasteiger partial charge in [-0.05, 0) is 19.1 Å². The molecule has 1 heterocycles. The summed E-state index contributed by atoms with van der Waals surface area (Å²) in [6, 6.07) is 6.87. The zero-order valence-corrected chi connectivity index (χ0v) is 10.2. The lowest BCUT2D eigenvalue weighted by atomic mass is 10.3. The molecule has 98 valence electrons. The van der Waals surface area contributed by atoms with Crippen LogP contribution in [0.5, 0.6) is 17.4 Å². The molecule has 1 aromatic carbocycles. The fourth-order valence-electron chi connectivity index (χ4n) is 1.45. The van der Waals surface area contributed by atoms with Gasteiger partial charge in [0, 0.05) is 18.5 Å². The maximum atomic E-state index is 11.0. The highest BCUT2D eigenvalue weighted by Crippen LogP contribution is 2.25. The van der Waals surface area contributed by atoms with Gasteiger partial charge in [-0.25, -0.2) is 14.8 Å². The quantitative estimate of drug-likeness (QED) is 0.888. The maximum absolute atomic E-state index is 11.0. The number of ether oxygens (including phenoxy) is 2. The van der Waals surface area contributed by atoms with Gasteiger partial charge in [-0.3, -0.25) is 0 Å². The predicted molar refractivity (Wildman–Crippen MR) is 66.7 cm³/mol. The normalized spacial score (nSPS) is 9.95. The Bertz CT molecular complexity index is 586. The summed E-state index contributed by atoms with van der Waals surface area (Å²) in [5.74, 6) is -0.164. The molecule has 1 aromatic heterocycles. The van der Waals surface area contributed by atoms with Crippen LogP contribution in [-0.2, 0) is 0 Å². The minimum atomic E-state index is -1.19. The second-order valence-electron chi connectivity index (χ2n) is 3.53. The van der Waals surface area contributed by atoms with Gasteiger partial charge < -0.3 is 14.6 Å². The molecule has 0 unspecified atom stereocenters. The van der Waals surface area contributed by atoms with E-state index in [-0.39, 0.29) is 11.6 Å². The van der Waals surface area contributed by atoms with Gasteiger partial charge in [0.15, 0.2) is 0 Å². The highest BCUT2D eigenvalue weighted by atomic mass is 16.5. The zero-order chi connectivity index (χ0) is 13.7. The van der Waals surface area contributed by atoms with Gasteiger partial charge in [0.1, 0.15) is 11.5 Å². The Morgan fingerprint density at radius 1 is 1.26 bits per heavy atom. The zero-order valence-electron chi connectivity index (χ0n) is 10.2. The molecular formula is C13H12N2O4. The van der Waals surface area contributed by atoms with Crippen LogP contribution in [0.1, 0.15) is 17.4 Å². The molecule has 0 fully saturated rings. The molecule has 0 aliphatic rings. The lowest BCUT2D eigenvalue weighted by Crippen LogP contribution is -2.04. The average molecular weight is 260 g/mol. The summed E-state index contributed by atoms with van der Waals surface area (Å²) in [6.07, 6.45) is 2.67. The number of benzene rings is 1. The first-order valence-corrected chi connectivity index (χ1v) is 5.65. The fourth-order valence-corrected chi connectivity index (χ4v) is 1.45. The van der Waals surface area contributed by atoms with E-state index in [1.165, 1.54) is 12.4 Å². The smallest absolute Gasteiger partial charge is 0.360 e. The number of aromatic nitrogens is 2. The molecule has 0 saturated heterocycles. The van der Waals surface area contributed by atoms with Crippen LogP contribution in [0.2, 0.25) is 0 Å².